The van der Waals surface area contributed by atoms with Gasteiger partial charge in [-0.1, -0.05) is 57.8 Å². The van der Waals surface area contributed by atoms with Crippen LogP contribution >= 0.6 is 0 Å². The molecule has 70 valence electrons. The highest BCUT2D eigenvalue weighted by molar-refractivity contribution is 4.64. The average molecular weight is 166 g/mol. The van der Waals surface area contributed by atoms with E-state index in [4.69, 9.17) is 6.92 Å². The van der Waals surface area contributed by atoms with Crippen molar-refractivity contribution in [2.24, 2.45) is 5.92 Å². The first-order chi connectivity index (χ1) is 5.93. The van der Waals surface area contributed by atoms with Gasteiger partial charge in [-0.05, 0) is 19.3 Å². The summed E-state index contributed by atoms with van der Waals surface area (Å²) in [7, 11) is 0. The fraction of sp³-hybridized carbons (Fsp3) is 0.917. The highest BCUT2D eigenvalue weighted by Gasteiger charge is 2.09. The molecule has 1 fully saturated rings. The molecule has 0 spiro atoms. The Morgan fingerprint density at radius 2 is 1.50 bits per heavy atom. The first-order valence-corrected chi connectivity index (χ1v) is 5.63. The minimum atomic E-state index is 0.885. The van der Waals surface area contributed by atoms with Crippen molar-refractivity contribution in [1.82, 2.24) is 0 Å². The van der Waals surface area contributed by atoms with Crippen LogP contribution < -0.4 is 0 Å². The van der Waals surface area contributed by atoms with Gasteiger partial charge in [0.15, 0.2) is 0 Å². The molecular formula is C12H22. The van der Waals surface area contributed by atoms with Gasteiger partial charge in [-0.2, -0.15) is 0 Å². The van der Waals surface area contributed by atoms with Crippen LogP contribution in [0, 0.1) is 12.8 Å². The number of rotatable bonds is 3. The smallest absolute Gasteiger partial charge is 0.0352 e. The van der Waals surface area contributed by atoms with E-state index in [2.05, 4.69) is 0 Å². The zero-order valence-corrected chi connectivity index (χ0v) is 8.23. The first kappa shape index (κ1) is 10.1. The molecule has 0 N–H and O–H groups in total. The van der Waals surface area contributed by atoms with Crippen LogP contribution in [0.1, 0.15) is 64.2 Å². The van der Waals surface area contributed by atoms with Crippen LogP contribution in [0.15, 0.2) is 0 Å². The van der Waals surface area contributed by atoms with Crippen LogP contribution in [-0.2, 0) is 0 Å². The van der Waals surface area contributed by atoms with Crippen molar-refractivity contribution in [1.29, 1.82) is 0 Å². The summed E-state index contributed by atoms with van der Waals surface area (Å²) in [6.45, 7) is 5.52. The standard InChI is InChI=1S/C12H22/c1-2-3-9-12-10-7-5-4-6-8-11-12/h1,12H,2-11H2. The van der Waals surface area contributed by atoms with Crippen LogP contribution in [0.4, 0.5) is 0 Å². The van der Waals surface area contributed by atoms with Crippen molar-refractivity contribution in [2.75, 3.05) is 0 Å². The molecule has 1 aliphatic rings. The first-order valence-electron chi connectivity index (χ1n) is 5.63. The summed E-state index contributed by atoms with van der Waals surface area (Å²) in [5.74, 6) is 1.01. The summed E-state index contributed by atoms with van der Waals surface area (Å²) in [4.78, 5) is 0. The summed E-state index contributed by atoms with van der Waals surface area (Å²) in [5.41, 5.74) is 0. The number of hydrogen-bond acceptors (Lipinski definition) is 0. The van der Waals surface area contributed by atoms with Crippen molar-refractivity contribution < 1.29 is 0 Å². The van der Waals surface area contributed by atoms with Gasteiger partial charge in [0.2, 0.25) is 0 Å². The molecule has 0 aromatic carbocycles. The number of unbranched alkanes of at least 4 members (excludes halogenated alkanes) is 1. The Morgan fingerprint density at radius 1 is 0.917 bits per heavy atom. The van der Waals surface area contributed by atoms with Crippen LogP contribution in [0.25, 0.3) is 0 Å². The van der Waals surface area contributed by atoms with Gasteiger partial charge in [0.25, 0.3) is 0 Å². The predicted octanol–water partition coefficient (Wildman–Crippen LogP) is 4.23. The lowest BCUT2D eigenvalue weighted by atomic mass is 9.88. The molecule has 0 aliphatic heterocycles. The lowest BCUT2D eigenvalue weighted by molar-refractivity contribution is 0.352. The lowest BCUT2D eigenvalue weighted by Gasteiger charge is -2.18. The van der Waals surface area contributed by atoms with Gasteiger partial charge in [0.1, 0.15) is 0 Å². The molecule has 1 rings (SSSR count). The molecule has 0 aromatic rings. The Morgan fingerprint density at radius 3 is 2.08 bits per heavy atom. The van der Waals surface area contributed by atoms with Gasteiger partial charge >= 0.3 is 0 Å². The summed E-state index contributed by atoms with van der Waals surface area (Å²) in [6.07, 6.45) is 13.8. The van der Waals surface area contributed by atoms with Gasteiger partial charge in [-0.3, -0.25) is 0 Å². The van der Waals surface area contributed by atoms with Crippen LogP contribution in [0.5, 0.6) is 0 Å². The lowest BCUT2D eigenvalue weighted by Crippen LogP contribution is -2.03. The molecule has 0 atom stereocenters. The maximum absolute atomic E-state index is 5.52. The minimum absolute atomic E-state index is 0.885. The van der Waals surface area contributed by atoms with Crippen LogP contribution in [0.3, 0.4) is 0 Å². The summed E-state index contributed by atoms with van der Waals surface area (Å²) < 4.78 is 0. The molecule has 1 saturated carbocycles. The summed E-state index contributed by atoms with van der Waals surface area (Å²) in [5, 5.41) is 0. The molecule has 1 aliphatic carbocycles. The quantitative estimate of drug-likeness (QED) is 0.588. The van der Waals surface area contributed by atoms with Crippen LogP contribution in [0.2, 0.25) is 0 Å². The van der Waals surface area contributed by atoms with Crippen molar-refractivity contribution in [3.63, 3.8) is 0 Å². The third kappa shape index (κ3) is 4.13. The minimum Gasteiger partial charge on any atom is -0.0533 e. The molecule has 0 unspecified atom stereocenters. The van der Waals surface area contributed by atoms with Gasteiger partial charge in [0, 0.05) is 0 Å². The summed E-state index contributed by atoms with van der Waals surface area (Å²) in [6, 6.07) is 0. The molecule has 0 heterocycles. The molecular weight excluding hydrogens is 144 g/mol. The topological polar surface area (TPSA) is 0 Å². The zero-order valence-electron chi connectivity index (χ0n) is 8.23. The van der Waals surface area contributed by atoms with E-state index in [9.17, 15) is 0 Å². The Labute approximate surface area is 77.7 Å². The maximum Gasteiger partial charge on any atom is -0.0352 e. The molecule has 0 heteroatoms. The zero-order chi connectivity index (χ0) is 8.65. The maximum atomic E-state index is 5.52. The fourth-order valence-corrected chi connectivity index (χ4v) is 2.24. The van der Waals surface area contributed by atoms with E-state index >= 15 is 0 Å². The molecule has 0 nitrogen and oxygen atoms in total. The molecule has 0 amide bonds. The Kier molecular flexibility index (Phi) is 5.47. The van der Waals surface area contributed by atoms with E-state index in [1.54, 1.807) is 0 Å². The molecule has 2 radical (unpaired) electrons. The van der Waals surface area contributed by atoms with E-state index in [1.807, 2.05) is 0 Å². The van der Waals surface area contributed by atoms with Crippen LogP contribution in [-0.4, -0.2) is 0 Å². The highest BCUT2D eigenvalue weighted by Crippen LogP contribution is 2.25. The largest absolute Gasteiger partial charge is 0.0533 e. The SMILES string of the molecule is [CH]CCCC1CCCCCCC1. The fourth-order valence-electron chi connectivity index (χ4n) is 2.24. The molecule has 0 bridgehead atoms. The van der Waals surface area contributed by atoms with Crippen molar-refractivity contribution >= 4 is 0 Å². The summed E-state index contributed by atoms with van der Waals surface area (Å²) >= 11 is 0. The molecule has 0 aromatic heterocycles. The Bertz CT molecular complexity index is 85.5. The van der Waals surface area contributed by atoms with Gasteiger partial charge in [-0.25, -0.2) is 0 Å². The van der Waals surface area contributed by atoms with Crippen molar-refractivity contribution in [3.8, 4) is 0 Å². The highest BCUT2D eigenvalue weighted by atomic mass is 14.2. The third-order valence-electron chi connectivity index (χ3n) is 3.04. The van der Waals surface area contributed by atoms with Crippen molar-refractivity contribution in [2.45, 2.75) is 64.2 Å². The Balaban J connectivity index is 2.11. The third-order valence-corrected chi connectivity index (χ3v) is 3.04. The second kappa shape index (κ2) is 6.51. The van der Waals surface area contributed by atoms with E-state index in [1.165, 1.54) is 57.8 Å². The van der Waals surface area contributed by atoms with Crippen molar-refractivity contribution in [3.05, 3.63) is 6.92 Å². The van der Waals surface area contributed by atoms with E-state index in [0.29, 0.717) is 0 Å². The monoisotopic (exact) mass is 166 g/mol. The normalized spacial score (nSPS) is 21.8. The van der Waals surface area contributed by atoms with Gasteiger partial charge in [0.05, 0.1) is 0 Å². The second-order valence-corrected chi connectivity index (χ2v) is 4.14. The van der Waals surface area contributed by atoms with Gasteiger partial charge in [-0.15, -0.1) is 0 Å². The average Bonchev–Trinajstić information content (AvgIpc) is 2.02. The van der Waals surface area contributed by atoms with Gasteiger partial charge < -0.3 is 0 Å². The molecule has 0 saturated heterocycles. The Hall–Kier alpha value is 0. The molecule has 12 heavy (non-hydrogen) atoms. The predicted molar refractivity (Wildman–Crippen MR) is 54.0 cm³/mol. The second-order valence-electron chi connectivity index (χ2n) is 4.14. The van der Waals surface area contributed by atoms with E-state index in [0.717, 1.165) is 12.3 Å². The van der Waals surface area contributed by atoms with E-state index < -0.39 is 0 Å². The van der Waals surface area contributed by atoms with E-state index in [-0.39, 0.29) is 0 Å². The number of hydrogen-bond donors (Lipinski definition) is 0.